The highest BCUT2D eigenvalue weighted by Gasteiger charge is 2.27. The zero-order valence-electron chi connectivity index (χ0n) is 21.9. The maximum atomic E-state index is 12.4. The molecule has 190 valence electrons. The van der Waals surface area contributed by atoms with E-state index in [9.17, 15) is 4.79 Å². The minimum Gasteiger partial charge on any atom is -0.444 e. The van der Waals surface area contributed by atoms with Crippen LogP contribution in [-0.4, -0.2) is 55.4 Å². The molecule has 4 heterocycles. The highest BCUT2D eigenvalue weighted by atomic mass is 16.6. The number of carbonyl (C=O) groups excluding carboxylic acids is 1. The summed E-state index contributed by atoms with van der Waals surface area (Å²) < 4.78 is 10.0. The van der Waals surface area contributed by atoms with E-state index >= 15 is 0 Å². The zero-order valence-corrected chi connectivity index (χ0v) is 21.9. The number of ether oxygens (including phenoxy) is 1. The number of hydrogen-bond donors (Lipinski definition) is 1. The summed E-state index contributed by atoms with van der Waals surface area (Å²) in [5.74, 6) is 1.35. The van der Waals surface area contributed by atoms with Crippen molar-refractivity contribution in [1.82, 2.24) is 24.1 Å². The lowest BCUT2D eigenvalue weighted by atomic mass is 9.97. The molecule has 0 radical (unpaired) electrons. The summed E-state index contributed by atoms with van der Waals surface area (Å²) in [6.07, 6.45) is 1.68. The van der Waals surface area contributed by atoms with E-state index in [-0.39, 0.29) is 6.09 Å². The van der Waals surface area contributed by atoms with Crippen LogP contribution in [0, 0.1) is 19.8 Å². The second-order valence-corrected chi connectivity index (χ2v) is 10.9. The van der Waals surface area contributed by atoms with Crippen molar-refractivity contribution in [1.29, 1.82) is 0 Å². The number of hydrogen-bond acceptors (Lipinski definition) is 5. The van der Waals surface area contributed by atoms with Crippen LogP contribution in [0.4, 0.5) is 10.5 Å². The average Bonchev–Trinajstić information content (AvgIpc) is 3.37. The zero-order chi connectivity index (χ0) is 25.4. The molecule has 1 amide bonds. The van der Waals surface area contributed by atoms with Crippen LogP contribution in [0.25, 0.3) is 16.7 Å². The second kappa shape index (κ2) is 9.48. The molecule has 1 aliphatic rings. The van der Waals surface area contributed by atoms with Gasteiger partial charge in [-0.05, 0) is 71.1 Å². The second-order valence-electron chi connectivity index (χ2n) is 10.9. The first-order valence-electron chi connectivity index (χ1n) is 12.8. The molecule has 1 fully saturated rings. The maximum Gasteiger partial charge on any atom is 0.410 e. The molecule has 0 spiro atoms. The summed E-state index contributed by atoms with van der Waals surface area (Å²) in [6.45, 7) is 13.0. The van der Waals surface area contributed by atoms with E-state index in [1.54, 1.807) is 0 Å². The van der Waals surface area contributed by atoms with Gasteiger partial charge < -0.3 is 19.5 Å². The van der Waals surface area contributed by atoms with Crippen LogP contribution in [0.1, 0.15) is 50.7 Å². The smallest absolute Gasteiger partial charge is 0.410 e. The fraction of sp³-hybridized carbons (Fsp3) is 0.464. The van der Waals surface area contributed by atoms with E-state index in [0.717, 1.165) is 67.2 Å². The monoisotopic (exact) mass is 488 g/mol. The topological polar surface area (TPSA) is 76.7 Å². The molecule has 1 N–H and O–H groups in total. The van der Waals surface area contributed by atoms with Crippen molar-refractivity contribution in [3.05, 3.63) is 59.5 Å². The molecule has 36 heavy (non-hydrogen) atoms. The summed E-state index contributed by atoms with van der Waals surface area (Å²) in [4.78, 5) is 14.2. The van der Waals surface area contributed by atoms with Crippen LogP contribution in [-0.2, 0) is 11.3 Å². The first-order valence-corrected chi connectivity index (χ1v) is 12.8. The Balaban J connectivity index is 1.35. The lowest BCUT2D eigenvalue weighted by molar-refractivity contribution is 0.0188. The van der Waals surface area contributed by atoms with Gasteiger partial charge in [-0.2, -0.15) is 0 Å². The van der Waals surface area contributed by atoms with Crippen molar-refractivity contribution in [3.63, 3.8) is 0 Å². The van der Waals surface area contributed by atoms with Gasteiger partial charge in [0.05, 0.1) is 16.7 Å². The SMILES string of the molecule is Cc1cc2c(cc(NCC3CCN(C(=O)OC(C)(C)C)CC3)c3nnc(C)n32)n1Cc1ccccc1. The van der Waals surface area contributed by atoms with Crippen molar-refractivity contribution in [3.8, 4) is 0 Å². The summed E-state index contributed by atoms with van der Waals surface area (Å²) in [5, 5.41) is 12.6. The number of pyridine rings is 1. The fourth-order valence-electron chi connectivity index (χ4n) is 5.04. The number of aryl methyl sites for hydroxylation is 2. The van der Waals surface area contributed by atoms with Crippen molar-refractivity contribution >= 4 is 28.5 Å². The number of anilines is 1. The Hall–Kier alpha value is -3.55. The highest BCUT2D eigenvalue weighted by Crippen LogP contribution is 2.29. The number of likely N-dealkylation sites (tertiary alicyclic amines) is 1. The molecule has 4 aromatic rings. The largest absolute Gasteiger partial charge is 0.444 e. The van der Waals surface area contributed by atoms with Gasteiger partial charge in [-0.15, -0.1) is 10.2 Å². The average molecular weight is 489 g/mol. The quantitative estimate of drug-likeness (QED) is 0.407. The van der Waals surface area contributed by atoms with Crippen LogP contribution in [0.15, 0.2) is 42.5 Å². The van der Waals surface area contributed by atoms with E-state index in [1.165, 1.54) is 11.3 Å². The molecule has 3 aromatic heterocycles. The van der Waals surface area contributed by atoms with Crippen LogP contribution >= 0.6 is 0 Å². The Morgan fingerprint density at radius 3 is 2.47 bits per heavy atom. The van der Waals surface area contributed by atoms with Gasteiger partial charge in [0.1, 0.15) is 11.4 Å². The standard InChI is InChI=1S/C28H36N6O2/c1-19-15-25-24(33(19)18-22-9-7-6-8-10-22)16-23(26-31-30-20(2)34(25)26)29-17-21-11-13-32(14-12-21)27(35)36-28(3,4)5/h6-10,15-16,21,29H,11-14,17-18H2,1-5H3. The maximum absolute atomic E-state index is 12.4. The minimum atomic E-state index is -0.466. The van der Waals surface area contributed by atoms with Crippen LogP contribution in [0.2, 0.25) is 0 Å². The Morgan fingerprint density at radius 2 is 1.78 bits per heavy atom. The van der Waals surface area contributed by atoms with Gasteiger partial charge in [-0.3, -0.25) is 4.40 Å². The Kier molecular flexibility index (Phi) is 6.36. The number of piperidine rings is 1. The molecule has 1 saturated heterocycles. The summed E-state index contributed by atoms with van der Waals surface area (Å²) in [6, 6.07) is 15.0. The van der Waals surface area contributed by atoms with E-state index in [4.69, 9.17) is 4.74 Å². The van der Waals surface area contributed by atoms with Gasteiger partial charge in [-0.25, -0.2) is 4.79 Å². The van der Waals surface area contributed by atoms with Gasteiger partial charge in [-0.1, -0.05) is 30.3 Å². The highest BCUT2D eigenvalue weighted by molar-refractivity contribution is 5.88. The Labute approximate surface area is 212 Å². The molecule has 0 bridgehead atoms. The first-order chi connectivity index (χ1) is 17.2. The summed E-state index contributed by atoms with van der Waals surface area (Å²) in [5.41, 5.74) is 6.13. The fourth-order valence-corrected chi connectivity index (χ4v) is 5.04. The number of amides is 1. The van der Waals surface area contributed by atoms with Gasteiger partial charge in [0.2, 0.25) is 0 Å². The molecule has 1 aliphatic heterocycles. The minimum absolute atomic E-state index is 0.213. The molecular weight excluding hydrogens is 452 g/mol. The summed E-state index contributed by atoms with van der Waals surface area (Å²) >= 11 is 0. The van der Waals surface area contributed by atoms with Gasteiger partial charge >= 0.3 is 6.09 Å². The van der Waals surface area contributed by atoms with E-state index < -0.39 is 5.60 Å². The Bertz CT molecular complexity index is 1370. The molecule has 0 saturated carbocycles. The molecule has 0 aliphatic carbocycles. The molecule has 0 unspecified atom stereocenters. The predicted molar refractivity (Wildman–Crippen MR) is 143 cm³/mol. The number of benzene rings is 1. The molecule has 8 nitrogen and oxygen atoms in total. The van der Waals surface area contributed by atoms with Gasteiger partial charge in [0.25, 0.3) is 0 Å². The molecular formula is C28H36N6O2. The summed E-state index contributed by atoms with van der Waals surface area (Å²) in [7, 11) is 0. The number of rotatable bonds is 5. The molecule has 1 aromatic carbocycles. The Morgan fingerprint density at radius 1 is 1.06 bits per heavy atom. The van der Waals surface area contributed by atoms with Crippen LogP contribution < -0.4 is 5.32 Å². The third kappa shape index (κ3) is 4.90. The number of carbonyl (C=O) groups is 1. The normalized spacial score (nSPS) is 15.1. The number of nitrogens with zero attached hydrogens (tertiary/aromatic N) is 5. The molecule has 8 heteroatoms. The van der Waals surface area contributed by atoms with Crippen LogP contribution in [0.3, 0.4) is 0 Å². The number of nitrogens with one attached hydrogen (secondary N) is 1. The van der Waals surface area contributed by atoms with Crippen molar-refractivity contribution in [2.75, 3.05) is 25.0 Å². The third-order valence-corrected chi connectivity index (χ3v) is 6.94. The van der Waals surface area contributed by atoms with Crippen molar-refractivity contribution in [2.45, 2.75) is 59.6 Å². The van der Waals surface area contributed by atoms with E-state index in [1.807, 2.05) is 38.7 Å². The lowest BCUT2D eigenvalue weighted by Crippen LogP contribution is -2.42. The van der Waals surface area contributed by atoms with E-state index in [2.05, 4.69) is 67.8 Å². The first kappa shape index (κ1) is 24.2. The number of fused-ring (bicyclic) bond motifs is 3. The van der Waals surface area contributed by atoms with Crippen LogP contribution in [0.5, 0.6) is 0 Å². The third-order valence-electron chi connectivity index (χ3n) is 6.94. The molecule has 5 rings (SSSR count). The number of aromatic nitrogens is 4. The van der Waals surface area contributed by atoms with E-state index in [0.29, 0.717) is 5.92 Å². The van der Waals surface area contributed by atoms with Crippen molar-refractivity contribution in [2.24, 2.45) is 5.92 Å². The van der Waals surface area contributed by atoms with Gasteiger partial charge in [0, 0.05) is 31.9 Å². The molecule has 0 atom stereocenters. The van der Waals surface area contributed by atoms with Gasteiger partial charge in [0.15, 0.2) is 5.65 Å². The lowest BCUT2D eigenvalue weighted by Gasteiger charge is -2.33. The predicted octanol–water partition coefficient (Wildman–Crippen LogP) is 5.41. The van der Waals surface area contributed by atoms with Crippen molar-refractivity contribution < 1.29 is 9.53 Å².